The van der Waals surface area contributed by atoms with Crippen molar-refractivity contribution in [3.05, 3.63) is 158 Å². The lowest BCUT2D eigenvalue weighted by molar-refractivity contribution is -0.122. The molecule has 9 heterocycles. The molecule has 6 aromatic heterocycles. The molecule has 2 aromatic carbocycles. The second-order valence-electron chi connectivity index (χ2n) is 33.2. The van der Waals surface area contributed by atoms with Crippen LogP contribution in [-0.2, 0) is 86.3 Å². The van der Waals surface area contributed by atoms with E-state index in [0.717, 1.165) is 186 Å². The topological polar surface area (TPSA) is 242 Å². The minimum absolute atomic E-state index is 0.0102. The number of hydrogen-bond donors (Lipinski definition) is 3. The highest BCUT2D eigenvalue weighted by Crippen LogP contribution is 2.36. The summed E-state index contributed by atoms with van der Waals surface area (Å²) >= 11 is 0. The van der Waals surface area contributed by atoms with Crippen molar-refractivity contribution < 1.29 is 46.3 Å². The summed E-state index contributed by atoms with van der Waals surface area (Å²) in [5.74, 6) is 1.09. The highest BCUT2D eigenvalue weighted by atomic mass is 19.3. The number of aryl methyl sites for hydroxylation is 3. The van der Waals surface area contributed by atoms with Gasteiger partial charge in [0, 0.05) is 170 Å². The molecule has 22 nitrogen and oxygen atoms in total. The van der Waals surface area contributed by atoms with Gasteiger partial charge in [0.2, 0.25) is 41.3 Å². The summed E-state index contributed by atoms with van der Waals surface area (Å²) in [6, 6.07) is 26.2. The zero-order valence-electron chi connectivity index (χ0n) is 67.8. The van der Waals surface area contributed by atoms with E-state index >= 15 is 4.39 Å². The number of hydrogen-bond acceptors (Lipinski definition) is 17. The normalized spacial score (nSPS) is 21.3. The lowest BCUT2D eigenvalue weighted by Crippen LogP contribution is -2.43. The third-order valence-electron chi connectivity index (χ3n) is 23.6. The van der Waals surface area contributed by atoms with E-state index in [1.54, 1.807) is 30.8 Å². The van der Waals surface area contributed by atoms with Crippen molar-refractivity contribution in [1.82, 2.24) is 70.1 Å². The number of halogens is 3. The molecule has 1 unspecified atom stereocenters. The van der Waals surface area contributed by atoms with E-state index < -0.39 is 18.2 Å². The van der Waals surface area contributed by atoms with E-state index in [9.17, 15) is 28.0 Å². The fraction of sp³-hybridized carbons (Fsp3) is 0.591. The van der Waals surface area contributed by atoms with Gasteiger partial charge in [0.15, 0.2) is 12.4 Å². The van der Waals surface area contributed by atoms with Crippen molar-refractivity contribution in [2.24, 2.45) is 25.9 Å². The van der Waals surface area contributed by atoms with E-state index in [2.05, 4.69) is 82.9 Å². The molecule has 6 aliphatic rings. The molecule has 3 fully saturated rings. The van der Waals surface area contributed by atoms with Crippen LogP contribution < -0.4 is 35.7 Å². The number of ether oxygens (including phenoxy) is 3. The maximum Gasteiger partial charge on any atom is 0.278 e. The average Bonchev–Trinajstić information content (AvgIpc) is 1.81. The van der Waals surface area contributed by atoms with Crippen LogP contribution in [0.4, 0.5) is 13.2 Å². The smallest absolute Gasteiger partial charge is 0.278 e. The van der Waals surface area contributed by atoms with Gasteiger partial charge in [0.05, 0.1) is 37.0 Å². The summed E-state index contributed by atoms with van der Waals surface area (Å²) in [6.45, 7) is 18.9. The van der Waals surface area contributed by atoms with Gasteiger partial charge >= 0.3 is 0 Å². The first kappa shape index (κ1) is 83.6. The summed E-state index contributed by atoms with van der Waals surface area (Å²) in [5.41, 5.74) is 8.79. The minimum Gasteiger partial charge on any atom is -0.475 e. The molecule has 0 bridgehead atoms. The Hall–Kier alpha value is -8.81. The van der Waals surface area contributed by atoms with Crippen molar-refractivity contribution in [1.29, 1.82) is 0 Å². The van der Waals surface area contributed by atoms with E-state index in [1.807, 2.05) is 86.4 Å². The predicted octanol–water partition coefficient (Wildman–Crippen LogP) is 12.9. The van der Waals surface area contributed by atoms with Crippen LogP contribution in [0.15, 0.2) is 101 Å². The Balaban J connectivity index is 0.000000157. The molecule has 3 aliphatic heterocycles. The Kier molecular flexibility index (Phi) is 29.2. The number of benzene rings is 2. The molecule has 610 valence electrons. The van der Waals surface area contributed by atoms with Crippen LogP contribution in [0.25, 0.3) is 21.7 Å². The maximum absolute atomic E-state index is 15.5. The molecule has 0 spiro atoms. The number of fused-ring (bicyclic) bond motifs is 5. The van der Waals surface area contributed by atoms with Crippen molar-refractivity contribution in [2.75, 3.05) is 65.5 Å². The average molecular weight is 1560 g/mol. The Morgan fingerprint density at radius 3 is 1.60 bits per heavy atom. The lowest BCUT2D eigenvalue weighted by Gasteiger charge is -2.35. The fourth-order valence-electron chi connectivity index (χ4n) is 16.8. The molecule has 14 rings (SSSR count). The fourth-order valence-corrected chi connectivity index (χ4v) is 16.8. The van der Waals surface area contributed by atoms with Crippen LogP contribution in [0.5, 0.6) is 17.6 Å². The second-order valence-corrected chi connectivity index (χ2v) is 33.2. The lowest BCUT2D eigenvalue weighted by atomic mass is 9.81. The first-order valence-electron chi connectivity index (χ1n) is 41.7. The maximum atomic E-state index is 15.5. The SMILES string of the molecule is CC(C)Oc1ccc2c(n1)CCN(CCC1CCC(NC(=O)Cc3ccc4c(=O)n(C)ccc4c3)CC1)CC2.CCC(C)Oc1ccc2c(n1)CCN(CCC1CCC(NC(=O)Cc3ccc4nn(C)cc4c3)CC1)CC2.Cc1nc(CC(=O)NC2CCC(F)(CCN3CCc4ccc(OCC(C)(F)F)nc4CC3)CC2)no1. The number of nitrogens with zero attached hydrogens (tertiary/aromatic N) is 11. The summed E-state index contributed by atoms with van der Waals surface area (Å²) < 4.78 is 66.8. The molecule has 8 aromatic rings. The van der Waals surface area contributed by atoms with Crippen molar-refractivity contribution in [3.63, 3.8) is 0 Å². The number of carbonyl (C=O) groups is 3. The van der Waals surface area contributed by atoms with E-state index in [0.29, 0.717) is 81.1 Å². The first-order valence-corrected chi connectivity index (χ1v) is 41.7. The summed E-state index contributed by atoms with van der Waals surface area (Å²) in [5, 5.41) is 20.3. The van der Waals surface area contributed by atoms with Crippen molar-refractivity contribution in [3.8, 4) is 17.6 Å². The molecule has 3 saturated carbocycles. The third kappa shape index (κ3) is 25.3. The third-order valence-corrected chi connectivity index (χ3v) is 23.6. The summed E-state index contributed by atoms with van der Waals surface area (Å²) in [6.07, 6.45) is 25.5. The van der Waals surface area contributed by atoms with Crippen LogP contribution in [0.3, 0.4) is 0 Å². The van der Waals surface area contributed by atoms with Crippen molar-refractivity contribution in [2.45, 2.75) is 244 Å². The van der Waals surface area contributed by atoms with Crippen LogP contribution in [0.2, 0.25) is 0 Å². The highest BCUT2D eigenvalue weighted by molar-refractivity contribution is 5.85. The standard InChI is InChI=1S/C32H42N4O3.C31H43N5O2.C25H34F3N5O3/c1-22(2)39-31-11-7-25-14-18-36(19-15-29(25)34-31)17-12-23-4-8-27(9-5-23)33-30(37)21-24-6-10-28-26(20-24)13-16-35(3)32(28)38;1-4-22(2)38-31-12-8-25-14-17-36(18-15-28(25)33-31)16-13-23-5-9-27(10-6-23)32-30(37)20-24-7-11-29-26(19-24)21-35(3)34-29;1-17-29-21(32-36-17)15-22(34)30-19-5-9-25(28,10-6-19)11-14-33-12-7-18-3-4-23(31-20(18)8-13-33)35-16-24(2,26)27/h6-7,10-11,13,16,20,22-23,27H,4-5,8-9,12,14-15,17-19,21H2,1-3H3,(H,33,37);7-8,11-12,19,21-23,27H,4-6,9-10,13-18,20H2,1-3H3,(H,32,37);3-4,19H,5-16H2,1-2H3,(H,30,34). The van der Waals surface area contributed by atoms with Gasteiger partial charge in [-0.3, -0.25) is 23.9 Å². The number of carbonyl (C=O) groups excluding carboxylic acids is 3. The van der Waals surface area contributed by atoms with Gasteiger partial charge in [-0.25, -0.2) is 28.1 Å². The number of aromatic nitrogens is 8. The first-order chi connectivity index (χ1) is 54.3. The van der Waals surface area contributed by atoms with Gasteiger partial charge in [-0.15, -0.1) is 0 Å². The van der Waals surface area contributed by atoms with Gasteiger partial charge in [0.25, 0.3) is 11.5 Å². The molecule has 1 atom stereocenters. The van der Waals surface area contributed by atoms with E-state index in [4.69, 9.17) is 28.7 Å². The zero-order chi connectivity index (χ0) is 79.6. The van der Waals surface area contributed by atoms with Gasteiger partial charge < -0.3 is 54.0 Å². The predicted molar refractivity (Wildman–Crippen MR) is 432 cm³/mol. The van der Waals surface area contributed by atoms with Gasteiger partial charge in [-0.05, 0) is 225 Å². The van der Waals surface area contributed by atoms with Crippen LogP contribution in [0.1, 0.15) is 194 Å². The molecule has 3 N–H and O–H groups in total. The Morgan fingerprint density at radius 2 is 1.08 bits per heavy atom. The van der Waals surface area contributed by atoms with Crippen LogP contribution in [-0.4, -0.2) is 179 Å². The molecular formula is C88H119F3N14O8. The monoisotopic (exact) mass is 1560 g/mol. The molecule has 3 amide bonds. The molecule has 113 heavy (non-hydrogen) atoms. The Morgan fingerprint density at radius 1 is 0.593 bits per heavy atom. The number of pyridine rings is 4. The number of amides is 3. The van der Waals surface area contributed by atoms with Crippen molar-refractivity contribution >= 4 is 39.4 Å². The van der Waals surface area contributed by atoms with Gasteiger partial charge in [-0.1, -0.05) is 48.5 Å². The molecule has 0 saturated heterocycles. The van der Waals surface area contributed by atoms with Gasteiger partial charge in [-0.2, -0.15) is 10.1 Å². The molecule has 25 heteroatoms. The Bertz CT molecular complexity index is 4520. The number of rotatable bonds is 26. The number of alkyl halides is 3. The van der Waals surface area contributed by atoms with E-state index in [1.165, 1.54) is 61.0 Å². The quantitative estimate of drug-likeness (QED) is 0.0456. The molecule has 0 radical (unpaired) electrons. The zero-order valence-corrected chi connectivity index (χ0v) is 67.8. The summed E-state index contributed by atoms with van der Waals surface area (Å²) in [4.78, 5) is 75.5. The number of nitrogens with one attached hydrogen (secondary N) is 3. The molecule has 3 aliphatic carbocycles. The molecular weight excluding hydrogens is 1440 g/mol. The van der Waals surface area contributed by atoms with E-state index in [-0.39, 0.29) is 59.9 Å². The largest absolute Gasteiger partial charge is 0.475 e. The highest BCUT2D eigenvalue weighted by Gasteiger charge is 2.37. The van der Waals surface area contributed by atoms with Crippen LogP contribution >= 0.6 is 0 Å². The minimum atomic E-state index is -2.91. The Labute approximate surface area is 663 Å². The second kappa shape index (κ2) is 39.5. The van der Waals surface area contributed by atoms with Gasteiger partial charge in [0.1, 0.15) is 5.67 Å². The summed E-state index contributed by atoms with van der Waals surface area (Å²) in [7, 11) is 3.68. The van der Waals surface area contributed by atoms with Crippen LogP contribution in [0, 0.1) is 18.8 Å².